The lowest BCUT2D eigenvalue weighted by molar-refractivity contribution is -0.0287. The van der Waals surface area contributed by atoms with Crippen LogP contribution in [-0.4, -0.2) is 42.9 Å². The molecule has 206 valence electrons. The average molecular weight is 503 g/mol. The maximum Gasteiger partial charge on any atom is 0.146 e. The Balaban J connectivity index is 1.61. The third-order valence-corrected chi connectivity index (χ3v) is 9.37. The normalized spacial score (nSPS) is 33.1. The van der Waals surface area contributed by atoms with Crippen molar-refractivity contribution in [2.45, 2.75) is 117 Å². The number of fused-ring (bicyclic) bond motifs is 1. The van der Waals surface area contributed by atoms with Gasteiger partial charge in [-0.2, -0.15) is 0 Å². The van der Waals surface area contributed by atoms with E-state index in [-0.39, 0.29) is 6.79 Å². The molecule has 0 radical (unpaired) electrons. The van der Waals surface area contributed by atoms with Gasteiger partial charge in [0.1, 0.15) is 6.79 Å². The van der Waals surface area contributed by atoms with Crippen LogP contribution < -0.4 is 0 Å². The first kappa shape index (κ1) is 29.6. The summed E-state index contributed by atoms with van der Waals surface area (Å²) in [6.45, 7) is 13.0. The minimum absolute atomic E-state index is 0.271. The first-order chi connectivity index (χ1) is 17.0. The molecule has 0 bridgehead atoms. The standard InChI is InChI=1S/C32H54O4/c1-23(10-7-17-31(2,3)4)27-15-16-28-25(11-8-18-32(27,28)5)14-13-24-20-29(33)26(30(34)21-24)12-9-19-36-22-35-6/h12-14,23,27-30,33-34H,7-11,15-22H2,1-6H3/b24-13?,25-14+,26-12?/t23-,27-,28+,29-,30-,32-/m1/s1. The van der Waals surface area contributed by atoms with E-state index in [0.29, 0.717) is 42.6 Å². The van der Waals surface area contributed by atoms with E-state index in [0.717, 1.165) is 23.0 Å². The van der Waals surface area contributed by atoms with Gasteiger partial charge in [-0.3, -0.25) is 0 Å². The van der Waals surface area contributed by atoms with E-state index in [1.165, 1.54) is 51.4 Å². The van der Waals surface area contributed by atoms with Crippen LogP contribution >= 0.6 is 0 Å². The minimum Gasteiger partial charge on any atom is -0.388 e. The molecule has 0 unspecified atom stereocenters. The summed E-state index contributed by atoms with van der Waals surface area (Å²) in [5, 5.41) is 21.4. The Labute approximate surface area is 221 Å². The van der Waals surface area contributed by atoms with Crippen molar-refractivity contribution in [2.24, 2.45) is 28.6 Å². The Morgan fingerprint density at radius 1 is 1.11 bits per heavy atom. The maximum atomic E-state index is 10.7. The SMILES string of the molecule is COCOCCC=C1[C@H](O)CC(=C/C=C2\CCC[C@]3(C)[C@@H]([C@H](C)CCCC(C)(C)C)CC[C@@H]23)C[C@H]1O. The molecule has 0 aliphatic heterocycles. The molecule has 6 atom stereocenters. The van der Waals surface area contributed by atoms with Gasteiger partial charge in [-0.15, -0.1) is 0 Å². The topological polar surface area (TPSA) is 58.9 Å². The van der Waals surface area contributed by atoms with Crippen LogP contribution in [0.15, 0.2) is 34.9 Å². The van der Waals surface area contributed by atoms with E-state index in [9.17, 15) is 10.2 Å². The number of aliphatic hydroxyl groups excluding tert-OH is 2. The highest BCUT2D eigenvalue weighted by atomic mass is 16.7. The summed E-state index contributed by atoms with van der Waals surface area (Å²) in [7, 11) is 1.60. The summed E-state index contributed by atoms with van der Waals surface area (Å²) in [5.41, 5.74) is 4.38. The summed E-state index contributed by atoms with van der Waals surface area (Å²) >= 11 is 0. The van der Waals surface area contributed by atoms with Crippen molar-refractivity contribution in [1.29, 1.82) is 0 Å². The fourth-order valence-electron chi connectivity index (χ4n) is 7.49. The van der Waals surface area contributed by atoms with Gasteiger partial charge >= 0.3 is 0 Å². The van der Waals surface area contributed by atoms with Crippen molar-refractivity contribution in [3.05, 3.63) is 34.9 Å². The minimum atomic E-state index is -0.609. The molecule has 4 heteroatoms. The number of methoxy groups -OCH3 is 1. The van der Waals surface area contributed by atoms with E-state index in [1.807, 2.05) is 6.08 Å². The number of ether oxygens (including phenoxy) is 2. The number of aliphatic hydroxyl groups is 2. The highest BCUT2D eigenvalue weighted by molar-refractivity contribution is 5.30. The van der Waals surface area contributed by atoms with Crippen molar-refractivity contribution in [3.8, 4) is 0 Å². The molecule has 0 aromatic heterocycles. The van der Waals surface area contributed by atoms with Crippen LogP contribution in [-0.2, 0) is 9.47 Å². The second-order valence-electron chi connectivity index (χ2n) is 13.3. The van der Waals surface area contributed by atoms with Gasteiger partial charge in [-0.05, 0) is 91.9 Å². The van der Waals surface area contributed by atoms with Crippen LogP contribution in [0.2, 0.25) is 0 Å². The zero-order chi connectivity index (χ0) is 26.3. The van der Waals surface area contributed by atoms with Crippen LogP contribution in [0.3, 0.4) is 0 Å². The second-order valence-corrected chi connectivity index (χ2v) is 13.3. The van der Waals surface area contributed by atoms with E-state index in [2.05, 4.69) is 46.8 Å². The van der Waals surface area contributed by atoms with Gasteiger partial charge in [-0.25, -0.2) is 0 Å². The molecule has 0 saturated heterocycles. The van der Waals surface area contributed by atoms with Gasteiger partial charge in [0.2, 0.25) is 0 Å². The van der Waals surface area contributed by atoms with Crippen LogP contribution in [0.25, 0.3) is 0 Å². The molecule has 3 aliphatic carbocycles. The molecule has 3 rings (SSSR count). The third kappa shape index (κ3) is 7.79. The van der Waals surface area contributed by atoms with Gasteiger partial charge in [0.15, 0.2) is 0 Å². The lowest BCUT2D eigenvalue weighted by atomic mass is 9.60. The van der Waals surface area contributed by atoms with Crippen molar-refractivity contribution in [2.75, 3.05) is 20.5 Å². The predicted octanol–water partition coefficient (Wildman–Crippen LogP) is 7.36. The summed E-state index contributed by atoms with van der Waals surface area (Å²) in [6.07, 6.45) is 17.8. The highest BCUT2D eigenvalue weighted by Crippen LogP contribution is 2.60. The molecule has 4 nitrogen and oxygen atoms in total. The molecule has 0 aromatic rings. The molecule has 0 aromatic carbocycles. The van der Waals surface area contributed by atoms with Gasteiger partial charge in [0.25, 0.3) is 0 Å². The molecule has 2 N–H and O–H groups in total. The number of hydrogen-bond acceptors (Lipinski definition) is 4. The number of hydrogen-bond donors (Lipinski definition) is 2. The highest BCUT2D eigenvalue weighted by Gasteiger charge is 2.50. The van der Waals surface area contributed by atoms with E-state index < -0.39 is 12.2 Å². The monoisotopic (exact) mass is 502 g/mol. The van der Waals surface area contributed by atoms with Gasteiger partial charge in [0.05, 0.1) is 18.8 Å². The molecule has 3 aliphatic rings. The van der Waals surface area contributed by atoms with Crippen molar-refractivity contribution in [1.82, 2.24) is 0 Å². The largest absolute Gasteiger partial charge is 0.388 e. The number of rotatable bonds is 10. The quantitative estimate of drug-likeness (QED) is 0.186. The number of allylic oxidation sites excluding steroid dienone is 3. The summed E-state index contributed by atoms with van der Waals surface area (Å²) in [5.74, 6) is 2.32. The Bertz CT molecular complexity index is 772. The fraction of sp³-hybridized carbons (Fsp3) is 0.812. The summed E-state index contributed by atoms with van der Waals surface area (Å²) in [4.78, 5) is 0. The molecular weight excluding hydrogens is 448 g/mol. The molecule has 3 fully saturated rings. The fourth-order valence-corrected chi connectivity index (χ4v) is 7.49. The van der Waals surface area contributed by atoms with Crippen LogP contribution in [0.5, 0.6) is 0 Å². The van der Waals surface area contributed by atoms with Crippen LogP contribution in [0.1, 0.15) is 105 Å². The van der Waals surface area contributed by atoms with Crippen LogP contribution in [0, 0.1) is 28.6 Å². The first-order valence-electron chi connectivity index (χ1n) is 14.6. The summed E-state index contributed by atoms with van der Waals surface area (Å²) < 4.78 is 10.2. The Morgan fingerprint density at radius 3 is 2.50 bits per heavy atom. The van der Waals surface area contributed by atoms with Gasteiger partial charge in [-0.1, -0.05) is 76.8 Å². The lowest BCUT2D eigenvalue weighted by Gasteiger charge is -2.44. The molecule has 0 heterocycles. The van der Waals surface area contributed by atoms with Gasteiger partial charge < -0.3 is 19.7 Å². The smallest absolute Gasteiger partial charge is 0.146 e. The predicted molar refractivity (Wildman–Crippen MR) is 149 cm³/mol. The first-order valence-corrected chi connectivity index (χ1v) is 14.6. The van der Waals surface area contributed by atoms with Crippen LogP contribution in [0.4, 0.5) is 0 Å². The maximum absolute atomic E-state index is 10.7. The lowest BCUT2D eigenvalue weighted by Crippen LogP contribution is -2.36. The molecular formula is C32H54O4. The Kier molecular flexibility index (Phi) is 10.9. The van der Waals surface area contributed by atoms with E-state index in [1.54, 1.807) is 12.7 Å². The van der Waals surface area contributed by atoms with Crippen molar-refractivity contribution >= 4 is 0 Å². The Morgan fingerprint density at radius 2 is 1.83 bits per heavy atom. The average Bonchev–Trinajstić information content (AvgIpc) is 3.15. The van der Waals surface area contributed by atoms with E-state index in [4.69, 9.17) is 9.47 Å². The second kappa shape index (κ2) is 13.2. The van der Waals surface area contributed by atoms with E-state index >= 15 is 0 Å². The zero-order valence-corrected chi connectivity index (χ0v) is 24.0. The van der Waals surface area contributed by atoms with Gasteiger partial charge in [0, 0.05) is 7.11 Å². The molecule has 0 amide bonds. The van der Waals surface area contributed by atoms with Crippen molar-refractivity contribution in [3.63, 3.8) is 0 Å². The van der Waals surface area contributed by atoms with Crippen molar-refractivity contribution < 1.29 is 19.7 Å². The summed E-state index contributed by atoms with van der Waals surface area (Å²) in [6, 6.07) is 0. The molecule has 0 spiro atoms. The molecule has 36 heavy (non-hydrogen) atoms. The molecule has 3 saturated carbocycles. The third-order valence-electron chi connectivity index (χ3n) is 9.37. The Hall–Kier alpha value is -0.940. The zero-order valence-electron chi connectivity index (χ0n) is 24.0.